The highest BCUT2D eigenvalue weighted by Crippen LogP contribution is 2.43. The van der Waals surface area contributed by atoms with Crippen LogP contribution < -0.4 is 0 Å². The molecule has 1 aromatic heterocycles. The average molecular weight is 488 g/mol. The standard InChI is InChI=1S/C28H22ClNO3S/c1-18(2)27-26(20-10-12-21(29)13-11-20)28-24(23-6-4-5-7-25(23)33-28)16-17-30(27)34(31,32)22-14-8-19(3)9-15-22/h4-17H,1H2,2-3H3. The molecule has 170 valence electrons. The van der Waals surface area contributed by atoms with Gasteiger partial charge >= 0.3 is 0 Å². The number of para-hydroxylation sites is 1. The van der Waals surface area contributed by atoms with E-state index in [9.17, 15) is 8.42 Å². The Bertz CT molecular complexity index is 1590. The third-order valence-corrected chi connectivity index (χ3v) is 7.75. The topological polar surface area (TPSA) is 50.5 Å². The molecule has 0 fully saturated rings. The number of rotatable bonds is 4. The first-order chi connectivity index (χ1) is 16.3. The van der Waals surface area contributed by atoms with E-state index in [1.54, 1.807) is 55.6 Å². The Balaban J connectivity index is 1.86. The molecule has 0 spiro atoms. The second kappa shape index (κ2) is 8.35. The van der Waals surface area contributed by atoms with Crippen molar-refractivity contribution in [1.29, 1.82) is 0 Å². The molecule has 0 radical (unpaired) electrons. The van der Waals surface area contributed by atoms with Crippen LogP contribution in [-0.2, 0) is 10.0 Å². The van der Waals surface area contributed by atoms with Crippen molar-refractivity contribution in [1.82, 2.24) is 4.31 Å². The van der Waals surface area contributed by atoms with Crippen molar-refractivity contribution in [3.05, 3.63) is 124 Å². The Kier molecular flexibility index (Phi) is 5.47. The van der Waals surface area contributed by atoms with Gasteiger partial charge in [-0.2, -0.15) is 0 Å². The number of fused-ring (bicyclic) bond motifs is 3. The van der Waals surface area contributed by atoms with Crippen LogP contribution in [0.15, 0.2) is 106 Å². The van der Waals surface area contributed by atoms with Crippen LogP contribution in [0.5, 0.6) is 0 Å². The molecule has 0 saturated carbocycles. The van der Waals surface area contributed by atoms with Crippen LogP contribution in [0.3, 0.4) is 0 Å². The fourth-order valence-corrected chi connectivity index (χ4v) is 5.70. The number of sulfonamides is 1. The Morgan fingerprint density at radius 1 is 0.971 bits per heavy atom. The zero-order valence-corrected chi connectivity index (χ0v) is 20.3. The Morgan fingerprint density at radius 2 is 1.65 bits per heavy atom. The maximum Gasteiger partial charge on any atom is 0.268 e. The molecule has 0 atom stereocenters. The molecule has 2 heterocycles. The highest BCUT2D eigenvalue weighted by Gasteiger charge is 2.33. The van der Waals surface area contributed by atoms with Gasteiger partial charge in [-0.15, -0.1) is 0 Å². The van der Waals surface area contributed by atoms with Gasteiger partial charge in [-0.1, -0.05) is 66.2 Å². The minimum atomic E-state index is -3.93. The van der Waals surface area contributed by atoms with Crippen LogP contribution in [0, 0.1) is 6.92 Å². The van der Waals surface area contributed by atoms with Gasteiger partial charge in [-0.3, -0.25) is 0 Å². The number of nitrogens with zero attached hydrogens (tertiary/aromatic N) is 1. The quantitative estimate of drug-likeness (QED) is 0.301. The number of halogens is 1. The number of aryl methyl sites for hydroxylation is 1. The van der Waals surface area contributed by atoms with E-state index in [2.05, 4.69) is 6.58 Å². The first-order valence-corrected chi connectivity index (χ1v) is 12.6. The second-order valence-electron chi connectivity index (χ2n) is 8.28. The highest BCUT2D eigenvalue weighted by molar-refractivity contribution is 7.89. The molecule has 0 aliphatic carbocycles. The van der Waals surface area contributed by atoms with Crippen LogP contribution in [0.1, 0.15) is 29.4 Å². The first kappa shape index (κ1) is 22.3. The van der Waals surface area contributed by atoms with Crippen LogP contribution in [0.25, 0.3) is 22.6 Å². The van der Waals surface area contributed by atoms with Gasteiger partial charge < -0.3 is 4.42 Å². The summed E-state index contributed by atoms with van der Waals surface area (Å²) >= 11 is 6.16. The fourth-order valence-electron chi connectivity index (χ4n) is 4.16. The van der Waals surface area contributed by atoms with E-state index < -0.39 is 10.0 Å². The molecular formula is C28H22ClNO3S. The maximum atomic E-state index is 13.9. The van der Waals surface area contributed by atoms with Gasteiger partial charge in [0.15, 0.2) is 0 Å². The molecule has 0 unspecified atom stereocenters. The van der Waals surface area contributed by atoms with Crippen LogP contribution in [0.4, 0.5) is 0 Å². The second-order valence-corrected chi connectivity index (χ2v) is 10.5. The summed E-state index contributed by atoms with van der Waals surface area (Å²) in [6.45, 7) is 7.86. The third-order valence-electron chi connectivity index (χ3n) is 5.81. The summed E-state index contributed by atoms with van der Waals surface area (Å²) in [4.78, 5) is 0.195. The van der Waals surface area contributed by atoms with Crippen molar-refractivity contribution < 1.29 is 12.8 Å². The zero-order valence-electron chi connectivity index (χ0n) is 18.7. The average Bonchev–Trinajstić information content (AvgIpc) is 3.08. The number of hydrogen-bond acceptors (Lipinski definition) is 3. The number of hydrogen-bond donors (Lipinski definition) is 0. The fraction of sp³-hybridized carbons (Fsp3) is 0.0714. The van der Waals surface area contributed by atoms with E-state index in [0.717, 1.165) is 27.7 Å². The van der Waals surface area contributed by atoms with Crippen molar-refractivity contribution >= 4 is 44.2 Å². The zero-order chi connectivity index (χ0) is 24.0. The van der Waals surface area contributed by atoms with Crippen molar-refractivity contribution in [2.24, 2.45) is 0 Å². The molecule has 1 aliphatic heterocycles. The Labute approximate surface area is 204 Å². The molecule has 6 heteroatoms. The normalized spacial score (nSPS) is 13.8. The van der Waals surface area contributed by atoms with Gasteiger partial charge in [-0.25, -0.2) is 12.7 Å². The molecule has 5 rings (SSSR count). The van der Waals surface area contributed by atoms with E-state index >= 15 is 0 Å². The number of benzene rings is 3. The monoisotopic (exact) mass is 487 g/mol. The van der Waals surface area contributed by atoms with E-state index in [0.29, 0.717) is 27.6 Å². The van der Waals surface area contributed by atoms with Gasteiger partial charge in [-0.05, 0) is 61.4 Å². The SMILES string of the molecule is C=C(C)C1=C(c2ccc(Cl)cc2)c2oc3ccccc3c2C=CN1S(=O)(=O)c1ccc(C)cc1. The summed E-state index contributed by atoms with van der Waals surface area (Å²) in [5, 5.41) is 1.48. The summed E-state index contributed by atoms with van der Waals surface area (Å²) in [6.07, 6.45) is 3.38. The summed E-state index contributed by atoms with van der Waals surface area (Å²) < 4.78 is 35.4. The van der Waals surface area contributed by atoms with E-state index in [-0.39, 0.29) is 4.90 Å². The van der Waals surface area contributed by atoms with E-state index in [1.165, 1.54) is 4.31 Å². The molecule has 0 N–H and O–H groups in total. The number of furan rings is 1. The Morgan fingerprint density at radius 3 is 2.32 bits per heavy atom. The predicted octanol–water partition coefficient (Wildman–Crippen LogP) is 7.41. The van der Waals surface area contributed by atoms with Gasteiger partial charge in [0.25, 0.3) is 10.0 Å². The van der Waals surface area contributed by atoms with Gasteiger partial charge in [0.05, 0.1) is 16.2 Å². The van der Waals surface area contributed by atoms with Crippen molar-refractivity contribution in [3.63, 3.8) is 0 Å². The highest BCUT2D eigenvalue weighted by atomic mass is 35.5. The molecule has 3 aromatic carbocycles. The Hall–Kier alpha value is -3.54. The lowest BCUT2D eigenvalue weighted by atomic mass is 9.96. The molecular weight excluding hydrogens is 466 g/mol. The molecule has 0 saturated heterocycles. The first-order valence-electron chi connectivity index (χ1n) is 10.7. The minimum absolute atomic E-state index is 0.195. The smallest absolute Gasteiger partial charge is 0.268 e. The third kappa shape index (κ3) is 3.67. The van der Waals surface area contributed by atoms with E-state index in [4.69, 9.17) is 16.0 Å². The molecule has 4 aromatic rings. The van der Waals surface area contributed by atoms with Crippen LogP contribution in [-0.4, -0.2) is 12.7 Å². The van der Waals surface area contributed by atoms with Crippen LogP contribution >= 0.6 is 11.6 Å². The van der Waals surface area contributed by atoms with Gasteiger partial charge in [0, 0.05) is 22.2 Å². The molecule has 0 amide bonds. The molecule has 34 heavy (non-hydrogen) atoms. The minimum Gasteiger partial charge on any atom is -0.455 e. The lowest BCUT2D eigenvalue weighted by molar-refractivity contribution is 0.544. The van der Waals surface area contributed by atoms with Crippen molar-refractivity contribution in [3.8, 4) is 0 Å². The summed E-state index contributed by atoms with van der Waals surface area (Å²) in [7, 11) is -3.93. The molecule has 1 aliphatic rings. The summed E-state index contributed by atoms with van der Waals surface area (Å²) in [5.74, 6) is 0.583. The molecule has 0 bridgehead atoms. The van der Waals surface area contributed by atoms with E-state index in [1.807, 2.05) is 43.3 Å². The molecule has 4 nitrogen and oxygen atoms in total. The van der Waals surface area contributed by atoms with Gasteiger partial charge in [0.1, 0.15) is 11.3 Å². The number of allylic oxidation sites excluding steroid dienone is 1. The maximum absolute atomic E-state index is 13.9. The van der Waals surface area contributed by atoms with Gasteiger partial charge in [0.2, 0.25) is 0 Å². The lowest BCUT2D eigenvalue weighted by Crippen LogP contribution is -2.26. The largest absolute Gasteiger partial charge is 0.455 e. The van der Waals surface area contributed by atoms with Crippen molar-refractivity contribution in [2.75, 3.05) is 0 Å². The van der Waals surface area contributed by atoms with Crippen LogP contribution in [0.2, 0.25) is 5.02 Å². The predicted molar refractivity (Wildman–Crippen MR) is 138 cm³/mol. The summed E-state index contributed by atoms with van der Waals surface area (Å²) in [5.41, 5.74) is 4.94. The lowest BCUT2D eigenvalue weighted by Gasteiger charge is -2.25. The summed E-state index contributed by atoms with van der Waals surface area (Å²) in [6, 6.07) is 21.8. The van der Waals surface area contributed by atoms with Crippen molar-refractivity contribution in [2.45, 2.75) is 18.7 Å².